The molecule has 2 heterocycles. The molecule has 0 amide bonds. The Hall–Kier alpha value is 0.120. The fraction of sp³-hybridized carbons (Fsp3) is 0.733. The number of rotatable bonds is 4. The molecule has 128 valence electrons. The molecule has 1 aromatic rings. The number of hydrogen-bond donors (Lipinski definition) is 3. The first kappa shape index (κ1) is 20.2. The normalized spacial score (nSPS) is 24.6. The minimum Gasteiger partial charge on any atom is -0.385 e. The molecule has 1 aliphatic heterocycles. The van der Waals surface area contributed by atoms with E-state index in [-0.39, 0.29) is 24.8 Å². The summed E-state index contributed by atoms with van der Waals surface area (Å²) < 4.78 is 5.44. The minimum atomic E-state index is -0.785. The van der Waals surface area contributed by atoms with Gasteiger partial charge >= 0.3 is 0 Å². The molecule has 0 spiro atoms. The molecule has 1 fully saturated rings. The van der Waals surface area contributed by atoms with Crippen molar-refractivity contribution in [3.8, 4) is 0 Å². The van der Waals surface area contributed by atoms with Gasteiger partial charge in [0, 0.05) is 31.1 Å². The zero-order valence-corrected chi connectivity index (χ0v) is 15.2. The molecule has 1 saturated heterocycles. The zero-order valence-electron chi connectivity index (χ0n) is 12.7. The highest BCUT2D eigenvalue weighted by Gasteiger charge is 2.28. The summed E-state index contributed by atoms with van der Waals surface area (Å²) in [5.74, 6) is 0. The Morgan fingerprint density at radius 3 is 3.00 bits per heavy atom. The van der Waals surface area contributed by atoms with Crippen molar-refractivity contribution in [2.75, 3.05) is 32.8 Å². The molecule has 0 saturated carbocycles. The number of thiophene rings is 1. The third-order valence-corrected chi connectivity index (χ3v) is 5.30. The lowest BCUT2D eigenvalue weighted by Gasteiger charge is -2.26. The smallest absolute Gasteiger partial charge is 0.113 e. The minimum absolute atomic E-state index is 0. The molecule has 4 nitrogen and oxygen atoms in total. The van der Waals surface area contributed by atoms with E-state index in [0.29, 0.717) is 26.3 Å². The van der Waals surface area contributed by atoms with Gasteiger partial charge in [-0.3, -0.25) is 0 Å². The van der Waals surface area contributed by atoms with Crippen molar-refractivity contribution in [1.29, 1.82) is 0 Å². The van der Waals surface area contributed by atoms with Gasteiger partial charge in [0.15, 0.2) is 0 Å². The van der Waals surface area contributed by atoms with E-state index < -0.39 is 5.60 Å². The van der Waals surface area contributed by atoms with Gasteiger partial charge in [0.25, 0.3) is 0 Å². The third-order valence-electron chi connectivity index (χ3n) is 4.17. The topological polar surface area (TPSA) is 53.5 Å². The van der Waals surface area contributed by atoms with Gasteiger partial charge in [-0.15, -0.1) is 36.2 Å². The highest BCUT2D eigenvalue weighted by Crippen LogP contribution is 2.30. The number of ether oxygens (including phenoxy) is 1. The van der Waals surface area contributed by atoms with Gasteiger partial charge in [-0.1, -0.05) is 0 Å². The molecular weight excluding hydrogens is 343 g/mol. The van der Waals surface area contributed by atoms with Crippen molar-refractivity contribution in [3.05, 3.63) is 21.4 Å². The third kappa shape index (κ3) is 5.06. The summed E-state index contributed by atoms with van der Waals surface area (Å²) in [6.45, 7) is 3.94. The van der Waals surface area contributed by atoms with Crippen LogP contribution in [0.15, 0.2) is 5.38 Å². The summed E-state index contributed by atoms with van der Waals surface area (Å²) in [4.78, 5) is 1.58. The van der Waals surface area contributed by atoms with E-state index in [4.69, 9.17) is 4.74 Å². The number of hydrogen-bond acceptors (Lipinski definition) is 5. The Labute approximate surface area is 148 Å². The van der Waals surface area contributed by atoms with Crippen molar-refractivity contribution < 1.29 is 9.84 Å². The molecule has 0 aromatic carbocycles. The van der Waals surface area contributed by atoms with Gasteiger partial charge in [-0.2, -0.15) is 0 Å². The molecule has 1 aromatic heterocycles. The van der Waals surface area contributed by atoms with Crippen LogP contribution in [-0.4, -0.2) is 43.6 Å². The second-order valence-corrected chi connectivity index (χ2v) is 6.89. The van der Waals surface area contributed by atoms with Gasteiger partial charge in [-0.05, 0) is 42.2 Å². The Morgan fingerprint density at radius 1 is 1.32 bits per heavy atom. The lowest BCUT2D eigenvalue weighted by Crippen LogP contribution is -2.50. The van der Waals surface area contributed by atoms with E-state index in [1.165, 1.54) is 31.2 Å². The number of nitrogens with one attached hydrogen (secondary N) is 2. The molecule has 1 aliphatic carbocycles. The molecule has 1 atom stereocenters. The molecule has 0 radical (unpaired) electrons. The van der Waals surface area contributed by atoms with E-state index in [9.17, 15) is 5.11 Å². The van der Waals surface area contributed by atoms with Crippen LogP contribution in [0.5, 0.6) is 0 Å². The van der Waals surface area contributed by atoms with Crippen molar-refractivity contribution in [2.24, 2.45) is 0 Å². The summed E-state index contributed by atoms with van der Waals surface area (Å²) in [6.07, 6.45) is 5.13. The van der Waals surface area contributed by atoms with Gasteiger partial charge in [0.2, 0.25) is 0 Å². The van der Waals surface area contributed by atoms with E-state index >= 15 is 0 Å². The van der Waals surface area contributed by atoms with Crippen LogP contribution in [-0.2, 0) is 24.1 Å². The first-order valence-electron chi connectivity index (χ1n) is 7.56. The van der Waals surface area contributed by atoms with Crippen LogP contribution in [0.3, 0.4) is 0 Å². The predicted molar refractivity (Wildman–Crippen MR) is 95.8 cm³/mol. The van der Waals surface area contributed by atoms with Crippen LogP contribution in [0, 0.1) is 0 Å². The van der Waals surface area contributed by atoms with Gasteiger partial charge in [0.1, 0.15) is 5.60 Å². The fourth-order valence-corrected chi connectivity index (χ4v) is 4.18. The van der Waals surface area contributed by atoms with Gasteiger partial charge in [-0.25, -0.2) is 0 Å². The Kier molecular flexibility index (Phi) is 8.64. The van der Waals surface area contributed by atoms with E-state index in [2.05, 4.69) is 16.0 Å². The lowest BCUT2D eigenvalue weighted by atomic mass is 9.96. The van der Waals surface area contributed by atoms with Crippen LogP contribution in [0.25, 0.3) is 0 Å². The molecule has 3 rings (SSSR count). The van der Waals surface area contributed by atoms with Gasteiger partial charge in [0.05, 0.1) is 13.2 Å². The molecule has 3 N–H and O–H groups in total. The Balaban J connectivity index is 0.00000121. The second kappa shape index (κ2) is 9.42. The van der Waals surface area contributed by atoms with Crippen molar-refractivity contribution in [1.82, 2.24) is 10.6 Å². The van der Waals surface area contributed by atoms with Crippen molar-refractivity contribution >= 4 is 36.2 Å². The van der Waals surface area contributed by atoms with E-state index in [1.54, 1.807) is 10.4 Å². The first-order chi connectivity index (χ1) is 9.77. The summed E-state index contributed by atoms with van der Waals surface area (Å²) in [5, 5.41) is 19.4. The monoisotopic (exact) mass is 368 g/mol. The molecular formula is C15H26Cl2N2O2S. The maximum atomic E-state index is 10.5. The van der Waals surface area contributed by atoms with Crippen molar-refractivity contribution in [2.45, 2.75) is 37.8 Å². The van der Waals surface area contributed by atoms with E-state index in [0.717, 1.165) is 13.1 Å². The standard InChI is InChI=1S/C15H24N2O2S.2ClH/c18-15(9-16-5-6-19-11-15)10-17-7-12-8-20-14-4-2-1-3-13(12)14;;/h8,16-18H,1-7,9-11H2;2*1H. The Bertz CT molecular complexity index is 449. The molecule has 22 heavy (non-hydrogen) atoms. The highest BCUT2D eigenvalue weighted by atomic mass is 35.5. The maximum absolute atomic E-state index is 10.5. The van der Waals surface area contributed by atoms with Crippen LogP contribution >= 0.6 is 36.2 Å². The lowest BCUT2D eigenvalue weighted by molar-refractivity contribution is -0.0264. The molecule has 2 aliphatic rings. The SMILES string of the molecule is Cl.Cl.OC1(CNCc2csc3c2CCCC3)CNCCOC1. The molecule has 0 bridgehead atoms. The van der Waals surface area contributed by atoms with Crippen LogP contribution in [0.1, 0.15) is 28.8 Å². The average Bonchev–Trinajstić information content (AvgIpc) is 2.74. The van der Waals surface area contributed by atoms with Crippen LogP contribution in [0.2, 0.25) is 0 Å². The average molecular weight is 369 g/mol. The summed E-state index contributed by atoms with van der Waals surface area (Å²) in [5.41, 5.74) is 2.21. The van der Waals surface area contributed by atoms with Gasteiger partial charge < -0.3 is 20.5 Å². The number of aryl methyl sites for hydroxylation is 1. The number of β-amino-alcohol motifs (C(OH)–C–C–N with tert-alkyl or cyclic N) is 1. The second-order valence-electron chi connectivity index (χ2n) is 5.93. The predicted octanol–water partition coefficient (Wildman–Crippen LogP) is 1.91. The summed E-state index contributed by atoms with van der Waals surface area (Å²) >= 11 is 1.90. The van der Waals surface area contributed by atoms with Crippen LogP contribution < -0.4 is 10.6 Å². The number of halogens is 2. The summed E-state index contributed by atoms with van der Waals surface area (Å²) in [6, 6.07) is 0. The van der Waals surface area contributed by atoms with E-state index in [1.807, 2.05) is 11.3 Å². The number of aliphatic hydroxyl groups is 1. The van der Waals surface area contributed by atoms with Crippen molar-refractivity contribution in [3.63, 3.8) is 0 Å². The molecule has 7 heteroatoms. The largest absolute Gasteiger partial charge is 0.385 e. The van der Waals surface area contributed by atoms with Crippen LogP contribution in [0.4, 0.5) is 0 Å². The zero-order chi connectivity index (χ0) is 13.8. The maximum Gasteiger partial charge on any atom is 0.113 e. The number of fused-ring (bicyclic) bond motifs is 1. The highest BCUT2D eigenvalue weighted by molar-refractivity contribution is 7.10. The molecule has 1 unspecified atom stereocenters. The summed E-state index contributed by atoms with van der Waals surface area (Å²) in [7, 11) is 0. The first-order valence-corrected chi connectivity index (χ1v) is 8.44. The Morgan fingerprint density at radius 2 is 2.14 bits per heavy atom. The fourth-order valence-electron chi connectivity index (χ4n) is 3.03. The quantitative estimate of drug-likeness (QED) is 0.759.